The van der Waals surface area contributed by atoms with Crippen LogP contribution in [0.1, 0.15) is 20.7 Å². The molecule has 1 aromatic carbocycles. The maximum absolute atomic E-state index is 11.9. The molecule has 8 nitrogen and oxygen atoms in total. The van der Waals surface area contributed by atoms with Crippen LogP contribution in [0.5, 0.6) is 5.75 Å². The molecule has 0 unspecified atom stereocenters. The van der Waals surface area contributed by atoms with Crippen LogP contribution in [0.2, 0.25) is 10.0 Å². The van der Waals surface area contributed by atoms with Crippen molar-refractivity contribution in [2.75, 3.05) is 5.73 Å². The molecule has 0 radical (unpaired) electrons. The highest BCUT2D eigenvalue weighted by molar-refractivity contribution is 6.37. The number of carboxylic acids is 2. The molecule has 23 heavy (non-hydrogen) atoms. The van der Waals surface area contributed by atoms with Gasteiger partial charge in [0.25, 0.3) is 5.56 Å². The molecule has 2 rings (SSSR count). The third-order valence-corrected chi connectivity index (χ3v) is 3.59. The highest BCUT2D eigenvalue weighted by atomic mass is 35.5. The zero-order valence-electron chi connectivity index (χ0n) is 11.1. The molecule has 120 valence electrons. The van der Waals surface area contributed by atoms with Crippen LogP contribution in [-0.4, -0.2) is 32.2 Å². The molecule has 2 aromatic rings. The average Bonchev–Trinajstić information content (AvgIpc) is 2.40. The van der Waals surface area contributed by atoms with E-state index >= 15 is 0 Å². The monoisotopic (exact) mass is 358 g/mol. The molecule has 0 aliphatic heterocycles. The van der Waals surface area contributed by atoms with Gasteiger partial charge in [0.1, 0.15) is 22.7 Å². The Morgan fingerprint density at radius 3 is 2.13 bits per heavy atom. The quantitative estimate of drug-likeness (QED) is 0.562. The molecule has 0 bridgehead atoms. The largest absolute Gasteiger partial charge is 0.506 e. The summed E-state index contributed by atoms with van der Waals surface area (Å²) in [6, 6.07) is 2.04. The summed E-state index contributed by atoms with van der Waals surface area (Å²) >= 11 is 11.6. The van der Waals surface area contributed by atoms with Gasteiger partial charge in [-0.2, -0.15) is 0 Å². The van der Waals surface area contributed by atoms with Gasteiger partial charge in [-0.05, 0) is 12.1 Å². The van der Waals surface area contributed by atoms with Crippen LogP contribution >= 0.6 is 23.2 Å². The van der Waals surface area contributed by atoms with Gasteiger partial charge < -0.3 is 26.0 Å². The Bertz CT molecular complexity index is 906. The molecule has 0 saturated carbocycles. The van der Waals surface area contributed by atoms with E-state index in [0.717, 1.165) is 12.1 Å². The summed E-state index contributed by atoms with van der Waals surface area (Å²) in [7, 11) is 0. The molecule has 10 heteroatoms. The van der Waals surface area contributed by atoms with Crippen molar-refractivity contribution in [2.24, 2.45) is 0 Å². The van der Waals surface area contributed by atoms with Gasteiger partial charge in [0.2, 0.25) is 0 Å². The zero-order chi connectivity index (χ0) is 17.5. The van der Waals surface area contributed by atoms with Crippen molar-refractivity contribution >= 4 is 41.0 Å². The first-order valence-electron chi connectivity index (χ1n) is 5.85. The number of halogens is 2. The molecular weight excluding hydrogens is 351 g/mol. The second-order valence-electron chi connectivity index (χ2n) is 4.39. The van der Waals surface area contributed by atoms with Crippen LogP contribution in [0.25, 0.3) is 11.1 Å². The predicted molar refractivity (Wildman–Crippen MR) is 82.5 cm³/mol. The number of carbonyl (C=O) groups is 2. The summed E-state index contributed by atoms with van der Waals surface area (Å²) in [5, 5.41) is 27.9. The van der Waals surface area contributed by atoms with E-state index in [0.29, 0.717) is 0 Å². The minimum absolute atomic E-state index is 0.134. The number of H-pyrrole nitrogens is 1. The van der Waals surface area contributed by atoms with E-state index in [2.05, 4.69) is 0 Å². The van der Waals surface area contributed by atoms with Gasteiger partial charge in [-0.15, -0.1) is 0 Å². The van der Waals surface area contributed by atoms with Crippen LogP contribution < -0.4 is 11.3 Å². The molecular formula is C13H8Cl2N2O6. The van der Waals surface area contributed by atoms with Crippen molar-refractivity contribution in [2.45, 2.75) is 0 Å². The highest BCUT2D eigenvalue weighted by Gasteiger charge is 2.28. The Kier molecular flexibility index (Phi) is 4.22. The number of aromatic nitrogens is 1. The van der Waals surface area contributed by atoms with Gasteiger partial charge in [-0.25, -0.2) is 9.59 Å². The van der Waals surface area contributed by atoms with Crippen molar-refractivity contribution in [1.29, 1.82) is 0 Å². The number of hydrogen-bond acceptors (Lipinski definition) is 5. The number of nitrogens with two attached hydrogens (primary N) is 1. The smallest absolute Gasteiger partial charge is 0.342 e. The number of anilines is 1. The van der Waals surface area contributed by atoms with Gasteiger partial charge in [0, 0.05) is 11.1 Å². The number of pyridine rings is 1. The minimum Gasteiger partial charge on any atom is -0.506 e. The molecule has 1 heterocycles. The summed E-state index contributed by atoms with van der Waals surface area (Å²) in [5.41, 5.74) is 2.11. The second kappa shape index (κ2) is 5.82. The highest BCUT2D eigenvalue weighted by Crippen LogP contribution is 2.39. The fraction of sp³-hybridized carbons (Fsp3) is 0. The van der Waals surface area contributed by atoms with E-state index in [-0.39, 0.29) is 15.6 Å². The van der Waals surface area contributed by atoms with Crippen LogP contribution in [0.15, 0.2) is 16.9 Å². The number of aromatic carboxylic acids is 2. The molecule has 0 aliphatic rings. The lowest BCUT2D eigenvalue weighted by molar-refractivity contribution is 0.0695. The van der Waals surface area contributed by atoms with Gasteiger partial charge in [0.15, 0.2) is 0 Å². The SMILES string of the molecule is Nc1[nH]c(=O)c(C(=O)O)c(-c2cc(O)c(Cl)cc2Cl)c1C(=O)O. The number of aromatic hydroxyl groups is 1. The first kappa shape index (κ1) is 16.7. The van der Waals surface area contributed by atoms with Gasteiger partial charge in [0.05, 0.1) is 10.0 Å². The minimum atomic E-state index is -1.69. The average molecular weight is 359 g/mol. The van der Waals surface area contributed by atoms with Crippen molar-refractivity contribution in [3.05, 3.63) is 43.7 Å². The third kappa shape index (κ3) is 2.81. The van der Waals surface area contributed by atoms with Crippen molar-refractivity contribution < 1.29 is 24.9 Å². The van der Waals surface area contributed by atoms with E-state index < -0.39 is 45.8 Å². The molecule has 0 fully saturated rings. The first-order valence-corrected chi connectivity index (χ1v) is 6.61. The van der Waals surface area contributed by atoms with E-state index in [1.807, 2.05) is 4.98 Å². The number of hydrogen-bond donors (Lipinski definition) is 5. The zero-order valence-corrected chi connectivity index (χ0v) is 12.6. The van der Waals surface area contributed by atoms with E-state index in [1.165, 1.54) is 0 Å². The number of benzene rings is 1. The van der Waals surface area contributed by atoms with Crippen molar-refractivity contribution in [3.63, 3.8) is 0 Å². The number of rotatable bonds is 3. The molecule has 0 spiro atoms. The van der Waals surface area contributed by atoms with Crippen LogP contribution in [-0.2, 0) is 0 Å². The van der Waals surface area contributed by atoms with Gasteiger partial charge in [-0.1, -0.05) is 23.2 Å². The Balaban J connectivity index is 3.06. The summed E-state index contributed by atoms with van der Waals surface area (Å²) in [6.07, 6.45) is 0. The van der Waals surface area contributed by atoms with Crippen LogP contribution in [0.4, 0.5) is 5.82 Å². The maximum Gasteiger partial charge on any atom is 0.342 e. The molecule has 0 aliphatic carbocycles. The normalized spacial score (nSPS) is 10.5. The topological polar surface area (TPSA) is 154 Å². The summed E-state index contributed by atoms with van der Waals surface area (Å²) < 4.78 is 0. The first-order chi connectivity index (χ1) is 10.6. The molecule has 0 saturated heterocycles. The van der Waals surface area contributed by atoms with Gasteiger partial charge in [-0.3, -0.25) is 4.79 Å². The number of carboxylic acid groups (broad SMARTS) is 2. The molecule has 0 amide bonds. The molecule has 6 N–H and O–H groups in total. The number of nitrogens with one attached hydrogen (secondary N) is 1. The summed E-state index contributed by atoms with van der Waals surface area (Å²) in [6.45, 7) is 0. The van der Waals surface area contributed by atoms with E-state index in [9.17, 15) is 29.7 Å². The van der Waals surface area contributed by atoms with Crippen molar-refractivity contribution in [3.8, 4) is 16.9 Å². The Morgan fingerprint density at radius 2 is 1.61 bits per heavy atom. The standard InChI is InChI=1S/C13H8Cl2N2O6/c14-4-2-5(15)6(18)1-3(4)7-8(12(20)21)10(16)17-11(19)9(7)13(22)23/h1-2,18H,(H,20,21)(H,22,23)(H3,16,17,19). The Labute approximate surface area is 137 Å². The Morgan fingerprint density at radius 1 is 1.04 bits per heavy atom. The number of aromatic amines is 1. The second-order valence-corrected chi connectivity index (χ2v) is 5.20. The van der Waals surface area contributed by atoms with Gasteiger partial charge >= 0.3 is 11.9 Å². The lowest BCUT2D eigenvalue weighted by Gasteiger charge is -2.14. The number of phenolic OH excluding ortho intramolecular Hbond substituents is 1. The third-order valence-electron chi connectivity index (χ3n) is 2.98. The number of nitrogen functional groups attached to an aromatic ring is 1. The summed E-state index contributed by atoms with van der Waals surface area (Å²) in [4.78, 5) is 36.6. The lowest BCUT2D eigenvalue weighted by Crippen LogP contribution is -2.24. The Hall–Kier alpha value is -2.71. The van der Waals surface area contributed by atoms with E-state index in [1.54, 1.807) is 0 Å². The summed E-state index contributed by atoms with van der Waals surface area (Å²) in [5.74, 6) is -4.29. The molecule has 0 atom stereocenters. The number of phenols is 1. The molecule has 1 aromatic heterocycles. The fourth-order valence-corrected chi connectivity index (χ4v) is 2.52. The predicted octanol–water partition coefficient (Wildman–Crippen LogP) is 2.03. The van der Waals surface area contributed by atoms with E-state index in [4.69, 9.17) is 28.9 Å². The van der Waals surface area contributed by atoms with Crippen molar-refractivity contribution in [1.82, 2.24) is 4.98 Å². The van der Waals surface area contributed by atoms with Crippen LogP contribution in [0, 0.1) is 0 Å². The fourth-order valence-electron chi connectivity index (χ4n) is 2.05. The lowest BCUT2D eigenvalue weighted by atomic mass is 9.95. The van der Waals surface area contributed by atoms with Crippen LogP contribution in [0.3, 0.4) is 0 Å². The maximum atomic E-state index is 11.9.